The van der Waals surface area contributed by atoms with Crippen molar-refractivity contribution >= 4 is 11.9 Å². The summed E-state index contributed by atoms with van der Waals surface area (Å²) in [5.74, 6) is -1.75. The Hall–Kier alpha value is -1.06. The van der Waals surface area contributed by atoms with Gasteiger partial charge in [-0.3, -0.25) is 9.59 Å². The van der Waals surface area contributed by atoms with Crippen LogP contribution in [0.4, 0.5) is 0 Å². The lowest BCUT2D eigenvalue weighted by atomic mass is 9.99. The van der Waals surface area contributed by atoms with Gasteiger partial charge >= 0.3 is 11.9 Å². The average Bonchev–Trinajstić information content (AvgIpc) is 2.49. The summed E-state index contributed by atoms with van der Waals surface area (Å²) >= 11 is 0. The van der Waals surface area contributed by atoms with Crippen LogP contribution >= 0.6 is 0 Å². The Morgan fingerprint density at radius 3 is 1.30 bits per heavy atom. The average molecular weight is 385 g/mol. The number of esters is 2. The molecule has 0 aliphatic heterocycles. The number of rotatable bonds is 13. The lowest BCUT2D eigenvalue weighted by molar-refractivity contribution is -0.174. The monoisotopic (exact) mass is 384 g/mol. The molecular formula is C23H44O4. The topological polar surface area (TPSA) is 52.6 Å². The Kier molecular flexibility index (Phi) is 12.7. The third-order valence-electron chi connectivity index (χ3n) is 4.23. The molecule has 0 aromatic rings. The van der Waals surface area contributed by atoms with Crippen molar-refractivity contribution in [1.82, 2.24) is 0 Å². The van der Waals surface area contributed by atoms with Gasteiger partial charge in [0.05, 0.1) is 0 Å². The van der Waals surface area contributed by atoms with Crippen molar-refractivity contribution in [2.75, 3.05) is 0 Å². The number of hydrogen-bond donors (Lipinski definition) is 0. The van der Waals surface area contributed by atoms with Gasteiger partial charge in [0.15, 0.2) is 5.92 Å². The smallest absolute Gasteiger partial charge is 0.320 e. The summed E-state index contributed by atoms with van der Waals surface area (Å²) < 4.78 is 10.9. The van der Waals surface area contributed by atoms with Crippen molar-refractivity contribution < 1.29 is 19.1 Å². The Labute approximate surface area is 167 Å². The summed E-state index contributed by atoms with van der Waals surface area (Å²) in [6, 6.07) is 0. The van der Waals surface area contributed by atoms with Crippen LogP contribution in [0.1, 0.15) is 119 Å². The molecule has 0 rings (SSSR count). The van der Waals surface area contributed by atoms with Crippen LogP contribution in [0.15, 0.2) is 0 Å². The molecule has 0 aliphatic rings. The molecule has 0 N–H and O–H groups in total. The minimum absolute atomic E-state index is 0.465. The maximum absolute atomic E-state index is 12.5. The minimum Gasteiger partial charge on any atom is -0.459 e. The quantitative estimate of drug-likeness (QED) is 0.204. The Morgan fingerprint density at radius 2 is 0.963 bits per heavy atom. The van der Waals surface area contributed by atoms with E-state index in [9.17, 15) is 9.59 Å². The molecule has 4 nitrogen and oxygen atoms in total. The number of unbranched alkanes of at least 4 members (excludes halogenated alkanes) is 9. The summed E-state index contributed by atoms with van der Waals surface area (Å²) in [5, 5.41) is 0. The fourth-order valence-corrected chi connectivity index (χ4v) is 2.91. The molecule has 0 atom stereocenters. The Morgan fingerprint density at radius 1 is 0.630 bits per heavy atom. The second-order valence-corrected chi connectivity index (χ2v) is 9.59. The highest BCUT2D eigenvalue weighted by molar-refractivity contribution is 5.95. The highest BCUT2D eigenvalue weighted by Gasteiger charge is 2.34. The largest absolute Gasteiger partial charge is 0.459 e. The van der Waals surface area contributed by atoms with Gasteiger partial charge in [0.1, 0.15) is 11.2 Å². The summed E-state index contributed by atoms with van der Waals surface area (Å²) in [6.07, 6.45) is 12.7. The normalized spacial score (nSPS) is 12.3. The first-order chi connectivity index (χ1) is 12.5. The van der Waals surface area contributed by atoms with Crippen molar-refractivity contribution in [3.05, 3.63) is 0 Å². The molecular weight excluding hydrogens is 340 g/mol. The summed E-state index contributed by atoms with van der Waals surface area (Å²) in [6.45, 7) is 13.1. The SMILES string of the molecule is CCCCCCCCCCCCC(C(=O)OC(C)(C)C)C(=O)OC(C)(C)C. The highest BCUT2D eigenvalue weighted by Crippen LogP contribution is 2.21. The highest BCUT2D eigenvalue weighted by atomic mass is 16.6. The number of carbonyl (C=O) groups is 2. The first-order valence-corrected chi connectivity index (χ1v) is 10.9. The van der Waals surface area contributed by atoms with Crippen LogP contribution in [-0.2, 0) is 19.1 Å². The first kappa shape index (κ1) is 25.9. The van der Waals surface area contributed by atoms with Gasteiger partial charge < -0.3 is 9.47 Å². The van der Waals surface area contributed by atoms with E-state index in [-0.39, 0.29) is 0 Å². The van der Waals surface area contributed by atoms with Crippen LogP contribution < -0.4 is 0 Å². The van der Waals surface area contributed by atoms with E-state index in [0.29, 0.717) is 6.42 Å². The zero-order valence-electron chi connectivity index (χ0n) is 19.0. The van der Waals surface area contributed by atoms with E-state index in [4.69, 9.17) is 9.47 Å². The molecule has 160 valence electrons. The lowest BCUT2D eigenvalue weighted by Gasteiger charge is -2.26. The van der Waals surface area contributed by atoms with E-state index >= 15 is 0 Å². The van der Waals surface area contributed by atoms with Crippen LogP contribution in [0.2, 0.25) is 0 Å². The lowest BCUT2D eigenvalue weighted by Crippen LogP contribution is -2.36. The van der Waals surface area contributed by atoms with Gasteiger partial charge in [-0.05, 0) is 48.0 Å². The van der Waals surface area contributed by atoms with Gasteiger partial charge in [0.2, 0.25) is 0 Å². The van der Waals surface area contributed by atoms with Crippen LogP contribution in [0.3, 0.4) is 0 Å². The molecule has 0 aromatic carbocycles. The first-order valence-electron chi connectivity index (χ1n) is 10.9. The zero-order valence-corrected chi connectivity index (χ0v) is 19.0. The fraction of sp³-hybridized carbons (Fsp3) is 0.913. The third kappa shape index (κ3) is 15.7. The van der Waals surface area contributed by atoms with Crippen LogP contribution in [0, 0.1) is 5.92 Å². The summed E-state index contributed by atoms with van der Waals surface area (Å²) in [7, 11) is 0. The van der Waals surface area contributed by atoms with Gasteiger partial charge in [-0.2, -0.15) is 0 Å². The van der Waals surface area contributed by atoms with Crippen molar-refractivity contribution in [2.24, 2.45) is 5.92 Å². The Balaban J connectivity index is 4.29. The van der Waals surface area contributed by atoms with E-state index in [1.54, 1.807) is 0 Å². The van der Waals surface area contributed by atoms with E-state index < -0.39 is 29.1 Å². The zero-order chi connectivity index (χ0) is 20.9. The molecule has 0 saturated heterocycles. The fourth-order valence-electron chi connectivity index (χ4n) is 2.91. The molecule has 0 fully saturated rings. The van der Waals surface area contributed by atoms with E-state index in [1.807, 2.05) is 41.5 Å². The Bertz CT molecular complexity index is 387. The summed E-state index contributed by atoms with van der Waals surface area (Å²) in [4.78, 5) is 24.9. The van der Waals surface area contributed by atoms with Crippen LogP contribution in [-0.4, -0.2) is 23.1 Å². The molecule has 0 heterocycles. The number of ether oxygens (including phenoxy) is 2. The molecule has 27 heavy (non-hydrogen) atoms. The van der Waals surface area contributed by atoms with Gasteiger partial charge in [-0.1, -0.05) is 71.1 Å². The third-order valence-corrected chi connectivity index (χ3v) is 4.23. The van der Waals surface area contributed by atoms with Gasteiger partial charge in [-0.25, -0.2) is 0 Å². The van der Waals surface area contributed by atoms with Gasteiger partial charge in [0.25, 0.3) is 0 Å². The summed E-state index contributed by atoms with van der Waals surface area (Å²) in [5.41, 5.74) is -1.20. The van der Waals surface area contributed by atoms with E-state index in [0.717, 1.165) is 19.3 Å². The molecule has 0 spiro atoms. The molecule has 0 radical (unpaired) electrons. The molecule has 4 heteroatoms. The van der Waals surface area contributed by atoms with Crippen molar-refractivity contribution in [3.8, 4) is 0 Å². The maximum Gasteiger partial charge on any atom is 0.320 e. The van der Waals surface area contributed by atoms with Crippen molar-refractivity contribution in [2.45, 2.75) is 130 Å². The van der Waals surface area contributed by atoms with Crippen molar-refractivity contribution in [1.29, 1.82) is 0 Å². The maximum atomic E-state index is 12.5. The number of carbonyl (C=O) groups excluding carboxylic acids is 2. The molecule has 0 unspecified atom stereocenters. The number of hydrogen-bond acceptors (Lipinski definition) is 4. The second-order valence-electron chi connectivity index (χ2n) is 9.59. The molecule has 0 aromatic heterocycles. The predicted molar refractivity (Wildman–Crippen MR) is 112 cm³/mol. The van der Waals surface area contributed by atoms with Gasteiger partial charge in [0, 0.05) is 0 Å². The predicted octanol–water partition coefficient (Wildman–Crippen LogP) is 6.60. The van der Waals surface area contributed by atoms with Crippen LogP contribution in [0.25, 0.3) is 0 Å². The van der Waals surface area contributed by atoms with E-state index in [2.05, 4.69) is 6.92 Å². The second kappa shape index (κ2) is 13.2. The van der Waals surface area contributed by atoms with E-state index in [1.165, 1.54) is 44.9 Å². The minimum atomic E-state index is -0.822. The molecule has 0 saturated carbocycles. The standard InChI is InChI=1S/C23H44O4/c1-8-9-10-11-12-13-14-15-16-17-18-19(20(24)26-22(2,3)4)21(25)27-23(5,6)7/h19H,8-18H2,1-7H3. The van der Waals surface area contributed by atoms with Crippen molar-refractivity contribution in [3.63, 3.8) is 0 Å². The van der Waals surface area contributed by atoms with Crippen LogP contribution in [0.5, 0.6) is 0 Å². The van der Waals surface area contributed by atoms with Gasteiger partial charge in [-0.15, -0.1) is 0 Å². The molecule has 0 bridgehead atoms. The molecule has 0 amide bonds. The molecule has 0 aliphatic carbocycles.